The maximum Gasteiger partial charge on any atom is 0.204 e. The lowest BCUT2D eigenvalue weighted by atomic mass is 10.2. The zero-order valence-corrected chi connectivity index (χ0v) is 8.18. The van der Waals surface area contributed by atoms with Crippen molar-refractivity contribution in [3.8, 4) is 0 Å². The summed E-state index contributed by atoms with van der Waals surface area (Å²) in [6, 6.07) is 0. The predicted octanol–water partition coefficient (Wildman–Crippen LogP) is -0.0980. The van der Waals surface area contributed by atoms with Gasteiger partial charge < -0.3 is 15.0 Å². The Hall–Kier alpha value is -1.69. The fraction of sp³-hybridized carbons (Fsp3) is 0.444. The van der Waals surface area contributed by atoms with Crippen LogP contribution in [0.3, 0.4) is 0 Å². The smallest absolute Gasteiger partial charge is 0.204 e. The first-order valence-corrected chi connectivity index (χ1v) is 4.77. The van der Waals surface area contributed by atoms with Crippen molar-refractivity contribution in [2.75, 3.05) is 18.5 Å². The van der Waals surface area contributed by atoms with Gasteiger partial charge in [-0.15, -0.1) is 0 Å². The van der Waals surface area contributed by atoms with Crippen molar-refractivity contribution < 1.29 is 9.90 Å². The van der Waals surface area contributed by atoms with Crippen LogP contribution in [0.5, 0.6) is 0 Å². The van der Waals surface area contributed by atoms with Crippen molar-refractivity contribution in [3.05, 3.63) is 12.0 Å². The van der Waals surface area contributed by atoms with Crippen LogP contribution < -0.4 is 5.32 Å². The molecule has 0 spiro atoms. The second kappa shape index (κ2) is 4.22. The van der Waals surface area contributed by atoms with E-state index in [9.17, 15) is 4.79 Å². The molecule has 15 heavy (non-hydrogen) atoms. The number of aromatic nitrogens is 2. The molecule has 0 fully saturated rings. The highest BCUT2D eigenvalue weighted by atomic mass is 16.3. The number of fused-ring (bicyclic) bond motifs is 1. The largest absolute Gasteiger partial charge is 0.396 e. The first kappa shape index (κ1) is 9.85. The van der Waals surface area contributed by atoms with Crippen LogP contribution in [0.15, 0.2) is 11.3 Å². The first-order valence-electron chi connectivity index (χ1n) is 4.77. The van der Waals surface area contributed by atoms with Gasteiger partial charge in [0, 0.05) is 13.2 Å². The third kappa shape index (κ3) is 1.89. The Morgan fingerprint density at radius 3 is 3.27 bits per heavy atom. The Morgan fingerprint density at radius 2 is 2.47 bits per heavy atom. The van der Waals surface area contributed by atoms with Crippen LogP contribution >= 0.6 is 0 Å². The lowest BCUT2D eigenvalue weighted by Crippen LogP contribution is -2.12. The monoisotopic (exact) mass is 208 g/mol. The number of nitrogens with one attached hydrogen (secondary N) is 1. The second-order valence-corrected chi connectivity index (χ2v) is 3.25. The molecule has 0 aliphatic carbocycles. The van der Waals surface area contributed by atoms with Gasteiger partial charge in [0.2, 0.25) is 5.78 Å². The summed E-state index contributed by atoms with van der Waals surface area (Å²) in [5.74, 6) is 0.487. The Labute approximate surface area is 86.7 Å². The molecule has 0 bridgehead atoms. The van der Waals surface area contributed by atoms with E-state index in [-0.39, 0.29) is 18.9 Å². The lowest BCUT2D eigenvalue weighted by molar-refractivity contribution is 0.0994. The average molecular weight is 208 g/mol. The fourth-order valence-electron chi connectivity index (χ4n) is 1.50. The van der Waals surface area contributed by atoms with Gasteiger partial charge in [0.15, 0.2) is 5.82 Å². The fourth-order valence-corrected chi connectivity index (χ4v) is 1.50. The SMILES string of the molecule is O=C1CN=CNc2ncn(CCCO)c21. The zero-order valence-electron chi connectivity index (χ0n) is 8.18. The van der Waals surface area contributed by atoms with Crippen molar-refractivity contribution in [2.45, 2.75) is 13.0 Å². The Bertz CT molecular complexity index is 397. The van der Waals surface area contributed by atoms with Gasteiger partial charge >= 0.3 is 0 Å². The molecule has 1 aliphatic heterocycles. The van der Waals surface area contributed by atoms with E-state index in [0.29, 0.717) is 24.5 Å². The van der Waals surface area contributed by atoms with E-state index < -0.39 is 0 Å². The number of carbonyl (C=O) groups is 1. The summed E-state index contributed by atoms with van der Waals surface area (Å²) in [4.78, 5) is 19.6. The van der Waals surface area contributed by atoms with Gasteiger partial charge in [0.05, 0.1) is 12.7 Å². The molecule has 1 aliphatic rings. The van der Waals surface area contributed by atoms with E-state index in [1.54, 1.807) is 10.9 Å². The van der Waals surface area contributed by atoms with Gasteiger partial charge in [0.1, 0.15) is 12.2 Å². The molecule has 2 N–H and O–H groups in total. The number of rotatable bonds is 3. The molecule has 0 unspecified atom stereocenters. The number of aliphatic hydroxyl groups excluding tert-OH is 1. The number of Topliss-reactive ketones (excluding diaryl/α,β-unsaturated/α-hetero) is 1. The quantitative estimate of drug-likeness (QED) is 0.727. The van der Waals surface area contributed by atoms with Crippen molar-refractivity contribution in [3.63, 3.8) is 0 Å². The van der Waals surface area contributed by atoms with Crippen LogP contribution in [0.1, 0.15) is 16.9 Å². The summed E-state index contributed by atoms with van der Waals surface area (Å²) >= 11 is 0. The van der Waals surface area contributed by atoms with E-state index in [1.165, 1.54) is 6.34 Å². The molecule has 0 atom stereocenters. The van der Waals surface area contributed by atoms with Crippen molar-refractivity contribution in [1.82, 2.24) is 9.55 Å². The molecule has 0 aromatic carbocycles. The van der Waals surface area contributed by atoms with E-state index in [4.69, 9.17) is 5.11 Å². The number of imidazole rings is 1. The lowest BCUT2D eigenvalue weighted by Gasteiger charge is -2.05. The molecule has 1 aromatic rings. The number of hydrogen-bond donors (Lipinski definition) is 2. The van der Waals surface area contributed by atoms with E-state index in [1.807, 2.05) is 0 Å². The molecule has 80 valence electrons. The molecule has 0 saturated heterocycles. The predicted molar refractivity (Wildman–Crippen MR) is 55.2 cm³/mol. The number of anilines is 1. The van der Waals surface area contributed by atoms with Gasteiger partial charge in [-0.1, -0.05) is 0 Å². The summed E-state index contributed by atoms with van der Waals surface area (Å²) in [5.41, 5.74) is 0.543. The minimum atomic E-state index is -0.0540. The van der Waals surface area contributed by atoms with Gasteiger partial charge in [-0.2, -0.15) is 0 Å². The minimum Gasteiger partial charge on any atom is -0.396 e. The molecule has 2 heterocycles. The minimum absolute atomic E-state index is 0.0540. The van der Waals surface area contributed by atoms with Crippen LogP contribution in [-0.4, -0.2) is 39.9 Å². The number of hydrogen-bond acceptors (Lipinski definition) is 5. The van der Waals surface area contributed by atoms with Crippen molar-refractivity contribution >= 4 is 17.9 Å². The number of aliphatic hydroxyl groups is 1. The Balaban J connectivity index is 2.28. The third-order valence-electron chi connectivity index (χ3n) is 2.19. The maximum absolute atomic E-state index is 11.7. The second-order valence-electron chi connectivity index (χ2n) is 3.25. The summed E-state index contributed by atoms with van der Waals surface area (Å²) in [6.45, 7) is 0.835. The molecule has 6 heteroatoms. The van der Waals surface area contributed by atoms with E-state index in [0.717, 1.165) is 0 Å². The first-order chi connectivity index (χ1) is 7.33. The van der Waals surface area contributed by atoms with Gasteiger partial charge in [-0.3, -0.25) is 9.79 Å². The average Bonchev–Trinajstić information content (AvgIpc) is 2.55. The van der Waals surface area contributed by atoms with Crippen LogP contribution in [0, 0.1) is 0 Å². The standard InChI is InChI=1S/C9H12N4O2/c14-3-1-2-13-6-12-9-8(13)7(15)4-10-5-11-9/h5-6,14H,1-4H2,(H,10,11). The summed E-state index contributed by atoms with van der Waals surface area (Å²) in [7, 11) is 0. The zero-order chi connectivity index (χ0) is 10.7. The molecular weight excluding hydrogens is 196 g/mol. The molecule has 0 amide bonds. The van der Waals surface area contributed by atoms with Crippen LogP contribution in [0.25, 0.3) is 0 Å². The molecule has 6 nitrogen and oxygen atoms in total. The number of aliphatic imine (C=N–C) groups is 1. The number of nitrogens with zero attached hydrogens (tertiary/aromatic N) is 3. The summed E-state index contributed by atoms with van der Waals surface area (Å²) in [5, 5.41) is 11.6. The number of aryl methyl sites for hydroxylation is 1. The molecule has 0 saturated carbocycles. The number of carbonyl (C=O) groups excluding carboxylic acids is 1. The third-order valence-corrected chi connectivity index (χ3v) is 2.19. The maximum atomic E-state index is 11.7. The van der Waals surface area contributed by atoms with Crippen LogP contribution in [-0.2, 0) is 6.54 Å². The van der Waals surface area contributed by atoms with Gasteiger partial charge in [0.25, 0.3) is 0 Å². The molecule has 1 aromatic heterocycles. The van der Waals surface area contributed by atoms with Crippen LogP contribution in [0.2, 0.25) is 0 Å². The topological polar surface area (TPSA) is 79.5 Å². The molecular formula is C9H12N4O2. The van der Waals surface area contributed by atoms with E-state index in [2.05, 4.69) is 15.3 Å². The van der Waals surface area contributed by atoms with E-state index >= 15 is 0 Å². The summed E-state index contributed by atoms with van der Waals surface area (Å²) in [6.07, 6.45) is 3.69. The highest BCUT2D eigenvalue weighted by Gasteiger charge is 2.19. The number of ketones is 1. The Morgan fingerprint density at radius 1 is 1.60 bits per heavy atom. The van der Waals surface area contributed by atoms with Gasteiger partial charge in [-0.05, 0) is 6.42 Å². The summed E-state index contributed by atoms with van der Waals surface area (Å²) < 4.78 is 1.75. The van der Waals surface area contributed by atoms with Crippen molar-refractivity contribution in [1.29, 1.82) is 0 Å². The molecule has 0 radical (unpaired) electrons. The van der Waals surface area contributed by atoms with Gasteiger partial charge in [-0.25, -0.2) is 4.98 Å². The highest BCUT2D eigenvalue weighted by molar-refractivity contribution is 6.04. The van der Waals surface area contributed by atoms with Crippen molar-refractivity contribution in [2.24, 2.45) is 4.99 Å². The molecule has 2 rings (SSSR count). The highest BCUT2D eigenvalue weighted by Crippen LogP contribution is 2.16. The Kier molecular flexibility index (Phi) is 2.77. The van der Waals surface area contributed by atoms with Crippen LogP contribution in [0.4, 0.5) is 5.82 Å². The normalized spacial score (nSPS) is 14.6.